The van der Waals surface area contributed by atoms with Gasteiger partial charge in [-0.3, -0.25) is 14.4 Å². The van der Waals surface area contributed by atoms with Gasteiger partial charge < -0.3 is 25.7 Å². The Balaban J connectivity index is 1.72. The summed E-state index contributed by atoms with van der Waals surface area (Å²) >= 11 is 0. The van der Waals surface area contributed by atoms with E-state index in [1.807, 2.05) is 0 Å². The van der Waals surface area contributed by atoms with Crippen LogP contribution in [0.15, 0.2) is 30.9 Å². The van der Waals surface area contributed by atoms with Gasteiger partial charge in [-0.2, -0.15) is 0 Å². The normalized spacial score (nSPS) is 21.4. The number of hydrogen-bond donors (Lipinski definition) is 4. The summed E-state index contributed by atoms with van der Waals surface area (Å²) in [4.78, 5) is 38.1. The average molecular weight is 373 g/mol. The lowest BCUT2D eigenvalue weighted by Gasteiger charge is -2.44. The number of aromatic hydroxyl groups is 1. The number of nitrogens with zero attached hydrogens (tertiary/aromatic N) is 1. The zero-order valence-electron chi connectivity index (χ0n) is 14.9. The Bertz CT molecular complexity index is 784. The van der Waals surface area contributed by atoms with Gasteiger partial charge in [-0.05, 0) is 43.5 Å². The fourth-order valence-corrected chi connectivity index (χ4v) is 3.73. The van der Waals surface area contributed by atoms with Crippen molar-refractivity contribution in [2.24, 2.45) is 5.41 Å². The molecule has 1 atom stereocenters. The first-order chi connectivity index (χ1) is 12.8. The summed E-state index contributed by atoms with van der Waals surface area (Å²) in [5.41, 5.74) is -0.179. The standard InChI is InChI=1S/C19H23N3O5/c1-2-16(25)21-12-3-4-15(24)14(9-12)17(26)22-7-5-19(6-8-22)10-13(23)11-20-18(19)27/h2-4,9,13,23-24H,1,5-8,10-11H2,(H,20,27)(H,21,25). The van der Waals surface area contributed by atoms with E-state index in [0.29, 0.717) is 38.0 Å². The lowest BCUT2D eigenvalue weighted by atomic mass is 9.71. The molecule has 2 fully saturated rings. The molecule has 0 aromatic heterocycles. The molecule has 1 aromatic carbocycles. The fraction of sp³-hybridized carbons (Fsp3) is 0.421. The predicted octanol–water partition coefficient (Wildman–Crippen LogP) is 0.620. The van der Waals surface area contributed by atoms with Crippen molar-refractivity contribution in [2.75, 3.05) is 25.0 Å². The number of rotatable bonds is 3. The molecule has 1 spiro atoms. The Labute approximate surface area is 156 Å². The SMILES string of the molecule is C=CC(=O)Nc1ccc(O)c(C(=O)N2CCC3(CC2)CC(O)CNC3=O)c1. The van der Waals surface area contributed by atoms with Crippen molar-refractivity contribution in [1.82, 2.24) is 10.2 Å². The van der Waals surface area contributed by atoms with Gasteiger partial charge in [-0.15, -0.1) is 0 Å². The van der Waals surface area contributed by atoms with E-state index >= 15 is 0 Å². The average Bonchev–Trinajstić information content (AvgIpc) is 2.66. The van der Waals surface area contributed by atoms with E-state index in [-0.39, 0.29) is 29.7 Å². The summed E-state index contributed by atoms with van der Waals surface area (Å²) in [5, 5.41) is 25.2. The van der Waals surface area contributed by atoms with Crippen molar-refractivity contribution in [2.45, 2.75) is 25.4 Å². The molecule has 27 heavy (non-hydrogen) atoms. The van der Waals surface area contributed by atoms with Crippen LogP contribution in [-0.4, -0.2) is 58.6 Å². The van der Waals surface area contributed by atoms with Crippen LogP contribution in [0.2, 0.25) is 0 Å². The second-order valence-electron chi connectivity index (χ2n) is 7.07. The van der Waals surface area contributed by atoms with E-state index < -0.39 is 17.4 Å². The second kappa shape index (κ2) is 7.40. The Morgan fingerprint density at radius 2 is 2.04 bits per heavy atom. The molecule has 1 aromatic rings. The van der Waals surface area contributed by atoms with Gasteiger partial charge in [0.05, 0.1) is 17.1 Å². The highest BCUT2D eigenvalue weighted by atomic mass is 16.3. The number of carbonyl (C=O) groups is 3. The molecule has 3 amide bonds. The highest BCUT2D eigenvalue weighted by Crippen LogP contribution is 2.39. The molecule has 8 nitrogen and oxygen atoms in total. The summed E-state index contributed by atoms with van der Waals surface area (Å²) in [6.45, 7) is 4.33. The monoisotopic (exact) mass is 373 g/mol. The summed E-state index contributed by atoms with van der Waals surface area (Å²) in [6.07, 6.45) is 1.85. The molecule has 2 aliphatic heterocycles. The number of piperidine rings is 2. The number of phenols is 1. The third-order valence-electron chi connectivity index (χ3n) is 5.29. The van der Waals surface area contributed by atoms with Crippen molar-refractivity contribution in [1.29, 1.82) is 0 Å². The van der Waals surface area contributed by atoms with Gasteiger partial charge in [0.25, 0.3) is 5.91 Å². The zero-order valence-corrected chi connectivity index (χ0v) is 14.9. The van der Waals surface area contributed by atoms with Crippen molar-refractivity contribution >= 4 is 23.4 Å². The van der Waals surface area contributed by atoms with E-state index in [4.69, 9.17) is 0 Å². The minimum absolute atomic E-state index is 0.0723. The number of likely N-dealkylation sites (tertiary alicyclic amines) is 1. The van der Waals surface area contributed by atoms with Gasteiger partial charge in [0, 0.05) is 25.3 Å². The molecule has 1 unspecified atom stereocenters. The Hall–Kier alpha value is -2.87. The van der Waals surface area contributed by atoms with Crippen LogP contribution in [0.1, 0.15) is 29.6 Å². The summed E-state index contributed by atoms with van der Waals surface area (Å²) in [7, 11) is 0. The first-order valence-corrected chi connectivity index (χ1v) is 8.87. The number of hydrogen-bond acceptors (Lipinski definition) is 5. The van der Waals surface area contributed by atoms with Crippen molar-refractivity contribution < 1.29 is 24.6 Å². The number of benzene rings is 1. The van der Waals surface area contributed by atoms with Gasteiger partial charge in [0.2, 0.25) is 11.8 Å². The largest absolute Gasteiger partial charge is 0.507 e. The molecule has 2 saturated heterocycles. The first-order valence-electron chi connectivity index (χ1n) is 8.87. The fourth-order valence-electron chi connectivity index (χ4n) is 3.73. The number of β-amino-alcohol motifs (C(OH)–C–C–N with tert-alkyl or cyclic N) is 1. The quantitative estimate of drug-likeness (QED) is 0.457. The van der Waals surface area contributed by atoms with Gasteiger partial charge in [-0.1, -0.05) is 6.58 Å². The van der Waals surface area contributed by atoms with Crippen molar-refractivity contribution in [3.05, 3.63) is 36.4 Å². The van der Waals surface area contributed by atoms with Crippen LogP contribution in [0, 0.1) is 5.41 Å². The van der Waals surface area contributed by atoms with E-state index in [0.717, 1.165) is 6.08 Å². The van der Waals surface area contributed by atoms with Crippen LogP contribution in [0.3, 0.4) is 0 Å². The van der Waals surface area contributed by atoms with E-state index in [1.165, 1.54) is 18.2 Å². The molecule has 3 rings (SSSR count). The molecule has 0 radical (unpaired) electrons. The summed E-state index contributed by atoms with van der Waals surface area (Å²) in [6, 6.07) is 4.26. The third kappa shape index (κ3) is 3.80. The maximum absolute atomic E-state index is 12.8. The highest BCUT2D eigenvalue weighted by molar-refractivity contribution is 6.02. The maximum atomic E-state index is 12.8. The Morgan fingerprint density at radius 3 is 2.70 bits per heavy atom. The smallest absolute Gasteiger partial charge is 0.257 e. The predicted molar refractivity (Wildman–Crippen MR) is 98.1 cm³/mol. The molecule has 0 saturated carbocycles. The van der Waals surface area contributed by atoms with E-state index in [9.17, 15) is 24.6 Å². The van der Waals surface area contributed by atoms with Gasteiger partial charge in [-0.25, -0.2) is 0 Å². The van der Waals surface area contributed by atoms with Crippen LogP contribution in [-0.2, 0) is 9.59 Å². The lowest BCUT2D eigenvalue weighted by molar-refractivity contribution is -0.140. The van der Waals surface area contributed by atoms with Gasteiger partial charge in [0.15, 0.2) is 0 Å². The zero-order chi connectivity index (χ0) is 19.6. The molecular formula is C19H23N3O5. The number of amides is 3. The molecule has 8 heteroatoms. The maximum Gasteiger partial charge on any atom is 0.257 e. The molecule has 144 valence electrons. The number of aliphatic hydroxyl groups is 1. The van der Waals surface area contributed by atoms with Crippen LogP contribution in [0.5, 0.6) is 5.75 Å². The Kier molecular flexibility index (Phi) is 5.18. The van der Waals surface area contributed by atoms with E-state index in [1.54, 1.807) is 4.90 Å². The first kappa shape index (κ1) is 18.9. The van der Waals surface area contributed by atoms with Crippen molar-refractivity contribution in [3.63, 3.8) is 0 Å². The van der Waals surface area contributed by atoms with Gasteiger partial charge >= 0.3 is 0 Å². The van der Waals surface area contributed by atoms with Gasteiger partial charge in [0.1, 0.15) is 5.75 Å². The molecule has 2 heterocycles. The van der Waals surface area contributed by atoms with Crippen LogP contribution < -0.4 is 10.6 Å². The van der Waals surface area contributed by atoms with E-state index in [2.05, 4.69) is 17.2 Å². The highest BCUT2D eigenvalue weighted by Gasteiger charge is 2.46. The summed E-state index contributed by atoms with van der Waals surface area (Å²) < 4.78 is 0. The van der Waals surface area contributed by atoms with Crippen molar-refractivity contribution in [3.8, 4) is 5.75 Å². The number of carbonyl (C=O) groups excluding carboxylic acids is 3. The minimum atomic E-state index is -0.643. The summed E-state index contributed by atoms with van der Waals surface area (Å²) in [5.74, 6) is -1.03. The minimum Gasteiger partial charge on any atom is -0.507 e. The number of anilines is 1. The van der Waals surface area contributed by atoms with Crippen LogP contribution in [0.4, 0.5) is 5.69 Å². The molecular weight excluding hydrogens is 350 g/mol. The molecule has 0 aliphatic carbocycles. The topological polar surface area (TPSA) is 119 Å². The van der Waals surface area contributed by atoms with Crippen LogP contribution in [0.25, 0.3) is 0 Å². The number of nitrogens with one attached hydrogen (secondary N) is 2. The molecule has 4 N–H and O–H groups in total. The van der Waals surface area contributed by atoms with Crippen LogP contribution >= 0.6 is 0 Å². The molecule has 2 aliphatic rings. The number of aliphatic hydroxyl groups excluding tert-OH is 1. The third-order valence-corrected chi connectivity index (χ3v) is 5.29. The molecule has 0 bridgehead atoms. The Morgan fingerprint density at radius 1 is 1.33 bits per heavy atom. The lowest BCUT2D eigenvalue weighted by Crippen LogP contribution is -2.56. The second-order valence-corrected chi connectivity index (χ2v) is 7.07. The number of phenolic OH excluding ortho intramolecular Hbond substituents is 1.